The molecule has 2 N–H and O–H groups in total. The Hall–Kier alpha value is -0.960. The van der Waals surface area contributed by atoms with Gasteiger partial charge in [0.2, 0.25) is 10.0 Å². The Morgan fingerprint density at radius 3 is 2.61 bits per heavy atom. The summed E-state index contributed by atoms with van der Waals surface area (Å²) in [4.78, 5) is 10.7. The van der Waals surface area contributed by atoms with Gasteiger partial charge in [-0.15, -0.1) is 0 Å². The summed E-state index contributed by atoms with van der Waals surface area (Å²) >= 11 is 3.12. The third kappa shape index (κ3) is 3.77. The van der Waals surface area contributed by atoms with Crippen LogP contribution in [0.2, 0.25) is 0 Å². The van der Waals surface area contributed by atoms with Crippen LogP contribution in [0.25, 0.3) is 0 Å². The minimum atomic E-state index is -3.77. The van der Waals surface area contributed by atoms with Crippen LogP contribution in [0, 0.1) is 0 Å². The van der Waals surface area contributed by atoms with Crippen LogP contribution < -0.4 is 4.72 Å². The Balaban J connectivity index is 2.84. The van der Waals surface area contributed by atoms with E-state index >= 15 is 0 Å². The third-order valence-electron chi connectivity index (χ3n) is 2.14. The topological polar surface area (TPSA) is 92.7 Å². The molecule has 0 aromatic heterocycles. The molecule has 6 nitrogen and oxygen atoms in total. The van der Waals surface area contributed by atoms with Crippen LogP contribution in [-0.4, -0.2) is 39.3 Å². The number of hydrogen-bond donors (Lipinski definition) is 2. The van der Waals surface area contributed by atoms with Crippen molar-refractivity contribution in [3.8, 4) is 0 Å². The molecule has 0 aliphatic carbocycles. The molecule has 1 aromatic carbocycles. The highest BCUT2D eigenvalue weighted by Crippen LogP contribution is 2.20. The predicted octanol–water partition coefficient (Wildman–Crippen LogP) is 0.827. The number of ether oxygens (including phenoxy) is 1. The number of sulfonamides is 1. The summed E-state index contributed by atoms with van der Waals surface area (Å²) in [6.45, 7) is -0.338. The maximum atomic E-state index is 11.9. The molecular weight excluding hydrogens is 326 g/mol. The number of nitrogens with one attached hydrogen (secondary N) is 1. The molecule has 0 heterocycles. The third-order valence-corrected chi connectivity index (χ3v) is 4.58. The number of aliphatic carboxylic acids is 1. The Morgan fingerprint density at radius 2 is 2.11 bits per heavy atom. The van der Waals surface area contributed by atoms with E-state index in [1.807, 2.05) is 0 Å². The molecule has 1 aromatic rings. The summed E-state index contributed by atoms with van der Waals surface area (Å²) in [6.07, 6.45) is -1.22. The molecule has 0 bridgehead atoms. The van der Waals surface area contributed by atoms with E-state index < -0.39 is 22.1 Å². The first kappa shape index (κ1) is 15.1. The number of hydrogen-bond acceptors (Lipinski definition) is 4. The lowest BCUT2D eigenvalue weighted by Gasteiger charge is -2.12. The molecular formula is C10H12BrNO5S. The van der Waals surface area contributed by atoms with E-state index in [-0.39, 0.29) is 11.4 Å². The van der Waals surface area contributed by atoms with Crippen LogP contribution in [0.4, 0.5) is 0 Å². The minimum absolute atomic E-state index is 0.0465. The SMILES string of the molecule is COC(CNS(=O)(=O)c1ccccc1Br)C(=O)O. The van der Waals surface area contributed by atoms with E-state index in [9.17, 15) is 13.2 Å². The number of benzene rings is 1. The smallest absolute Gasteiger partial charge is 0.334 e. The van der Waals surface area contributed by atoms with E-state index in [0.717, 1.165) is 0 Å². The van der Waals surface area contributed by atoms with E-state index in [0.29, 0.717) is 4.47 Å². The van der Waals surface area contributed by atoms with Crippen LogP contribution >= 0.6 is 15.9 Å². The van der Waals surface area contributed by atoms with Crippen LogP contribution in [0.1, 0.15) is 0 Å². The minimum Gasteiger partial charge on any atom is -0.479 e. The second-order valence-electron chi connectivity index (χ2n) is 3.34. The standard InChI is InChI=1S/C10H12BrNO5S/c1-17-8(10(13)14)6-12-18(15,16)9-5-3-2-4-7(9)11/h2-5,8,12H,6H2,1H3,(H,13,14). The second kappa shape index (κ2) is 6.28. The number of rotatable bonds is 6. The summed E-state index contributed by atoms with van der Waals surface area (Å²) in [5.41, 5.74) is 0. The molecule has 0 fully saturated rings. The fraction of sp³-hybridized carbons (Fsp3) is 0.300. The molecule has 0 spiro atoms. The molecule has 0 saturated heterocycles. The van der Waals surface area contributed by atoms with Gasteiger partial charge in [-0.2, -0.15) is 0 Å². The average molecular weight is 338 g/mol. The number of methoxy groups -OCH3 is 1. The van der Waals surface area contributed by atoms with E-state index in [1.54, 1.807) is 18.2 Å². The second-order valence-corrected chi connectivity index (χ2v) is 5.93. The number of carboxylic acids is 1. The van der Waals surface area contributed by atoms with Crippen molar-refractivity contribution in [2.75, 3.05) is 13.7 Å². The maximum absolute atomic E-state index is 11.9. The van der Waals surface area contributed by atoms with Gasteiger partial charge >= 0.3 is 5.97 Å². The van der Waals surface area contributed by atoms with Crippen molar-refractivity contribution >= 4 is 31.9 Å². The summed E-state index contributed by atoms with van der Waals surface area (Å²) < 4.78 is 31.0. The summed E-state index contributed by atoms with van der Waals surface area (Å²) in [5.74, 6) is -1.23. The first-order valence-electron chi connectivity index (χ1n) is 4.88. The Morgan fingerprint density at radius 1 is 1.50 bits per heavy atom. The molecule has 0 radical (unpaired) electrons. The van der Waals surface area contributed by atoms with E-state index in [2.05, 4.69) is 25.4 Å². The van der Waals surface area contributed by atoms with Crippen molar-refractivity contribution < 1.29 is 23.1 Å². The molecule has 0 aliphatic rings. The quantitative estimate of drug-likeness (QED) is 0.801. The lowest BCUT2D eigenvalue weighted by atomic mass is 10.4. The van der Waals surface area contributed by atoms with Gasteiger partial charge in [0, 0.05) is 18.1 Å². The number of carboxylic acid groups (broad SMARTS) is 1. The van der Waals surface area contributed by atoms with Crippen molar-refractivity contribution in [3.05, 3.63) is 28.7 Å². The highest BCUT2D eigenvalue weighted by atomic mass is 79.9. The van der Waals surface area contributed by atoms with Gasteiger partial charge in [0.15, 0.2) is 6.10 Å². The first-order valence-corrected chi connectivity index (χ1v) is 7.16. The zero-order valence-electron chi connectivity index (χ0n) is 9.46. The first-order chi connectivity index (χ1) is 8.38. The molecule has 0 saturated carbocycles. The highest BCUT2D eigenvalue weighted by molar-refractivity contribution is 9.10. The normalized spacial score (nSPS) is 13.2. The summed E-state index contributed by atoms with van der Waals surface area (Å²) in [6, 6.07) is 6.25. The fourth-order valence-corrected chi connectivity index (χ4v) is 3.23. The van der Waals surface area contributed by atoms with Crippen molar-refractivity contribution in [1.29, 1.82) is 0 Å². The van der Waals surface area contributed by atoms with Crippen LogP contribution in [0.5, 0.6) is 0 Å². The largest absolute Gasteiger partial charge is 0.479 e. The maximum Gasteiger partial charge on any atom is 0.334 e. The molecule has 18 heavy (non-hydrogen) atoms. The molecule has 1 unspecified atom stereocenters. The van der Waals surface area contributed by atoms with Crippen molar-refractivity contribution in [2.45, 2.75) is 11.0 Å². The van der Waals surface area contributed by atoms with Gasteiger partial charge in [0.25, 0.3) is 0 Å². The zero-order valence-corrected chi connectivity index (χ0v) is 11.9. The van der Waals surface area contributed by atoms with Crippen molar-refractivity contribution in [3.63, 3.8) is 0 Å². The van der Waals surface area contributed by atoms with Crippen LogP contribution in [0.3, 0.4) is 0 Å². The van der Waals surface area contributed by atoms with Crippen LogP contribution in [0.15, 0.2) is 33.6 Å². The lowest BCUT2D eigenvalue weighted by Crippen LogP contribution is -2.37. The molecule has 0 aliphatic heterocycles. The average Bonchev–Trinajstić information content (AvgIpc) is 2.29. The predicted molar refractivity (Wildman–Crippen MR) is 67.8 cm³/mol. The number of halogens is 1. The zero-order chi connectivity index (χ0) is 13.8. The van der Waals surface area contributed by atoms with Crippen LogP contribution in [-0.2, 0) is 19.6 Å². The van der Waals surface area contributed by atoms with Crippen molar-refractivity contribution in [2.24, 2.45) is 0 Å². The van der Waals surface area contributed by atoms with Gasteiger partial charge < -0.3 is 9.84 Å². The van der Waals surface area contributed by atoms with Crippen molar-refractivity contribution in [1.82, 2.24) is 4.72 Å². The summed E-state index contributed by atoms with van der Waals surface area (Å²) in [7, 11) is -2.57. The Kier molecular flexibility index (Phi) is 5.27. The van der Waals surface area contributed by atoms with Gasteiger partial charge in [-0.05, 0) is 28.1 Å². The molecule has 100 valence electrons. The highest BCUT2D eigenvalue weighted by Gasteiger charge is 2.22. The molecule has 1 rings (SSSR count). The van der Waals surface area contributed by atoms with E-state index in [4.69, 9.17) is 5.11 Å². The van der Waals surface area contributed by atoms with Gasteiger partial charge in [-0.25, -0.2) is 17.9 Å². The monoisotopic (exact) mass is 337 g/mol. The number of carbonyl (C=O) groups is 1. The molecule has 1 atom stereocenters. The fourth-order valence-electron chi connectivity index (χ4n) is 1.20. The van der Waals surface area contributed by atoms with Gasteiger partial charge in [-0.3, -0.25) is 0 Å². The van der Waals surface area contributed by atoms with Gasteiger partial charge in [0.05, 0.1) is 4.90 Å². The van der Waals surface area contributed by atoms with Gasteiger partial charge in [-0.1, -0.05) is 12.1 Å². The van der Waals surface area contributed by atoms with E-state index in [1.165, 1.54) is 13.2 Å². The molecule has 0 amide bonds. The Bertz CT molecular complexity index is 531. The lowest BCUT2D eigenvalue weighted by molar-refractivity contribution is -0.147. The Labute approximate surface area is 113 Å². The summed E-state index contributed by atoms with van der Waals surface area (Å²) in [5, 5.41) is 8.73. The van der Waals surface area contributed by atoms with Gasteiger partial charge in [0.1, 0.15) is 0 Å². The molecule has 8 heteroatoms.